The lowest BCUT2D eigenvalue weighted by molar-refractivity contribution is 0.405. The van der Waals surface area contributed by atoms with E-state index in [9.17, 15) is 0 Å². The highest BCUT2D eigenvalue weighted by atomic mass is 16.5. The lowest BCUT2D eigenvalue weighted by Crippen LogP contribution is -1.82. The SMILES string of the molecule is COc1c#cc(OC)cc1. The molecule has 0 atom stereocenters. The molecule has 2 nitrogen and oxygen atoms in total. The van der Waals surface area contributed by atoms with Crippen molar-refractivity contribution in [1.82, 2.24) is 0 Å². The van der Waals surface area contributed by atoms with Crippen molar-refractivity contribution in [3.63, 3.8) is 0 Å². The Kier molecular flexibility index (Phi) is 2.01. The summed E-state index contributed by atoms with van der Waals surface area (Å²) >= 11 is 0. The van der Waals surface area contributed by atoms with Crippen molar-refractivity contribution in [2.45, 2.75) is 0 Å². The highest BCUT2D eigenvalue weighted by Gasteiger charge is 1.87. The predicted octanol–water partition coefficient (Wildman–Crippen LogP) is 1.30. The van der Waals surface area contributed by atoms with Gasteiger partial charge in [0, 0.05) is 0 Å². The van der Waals surface area contributed by atoms with Gasteiger partial charge in [-0.15, -0.1) is 0 Å². The van der Waals surface area contributed by atoms with Gasteiger partial charge in [-0.3, -0.25) is 0 Å². The average molecular weight is 136 g/mol. The summed E-state index contributed by atoms with van der Waals surface area (Å²) in [5, 5.41) is 0. The molecule has 52 valence electrons. The number of rotatable bonds is 2. The summed E-state index contributed by atoms with van der Waals surface area (Å²) in [5.74, 6) is 1.33. The fraction of sp³-hybridized carbons (Fsp3) is 0.250. The summed E-state index contributed by atoms with van der Waals surface area (Å²) in [4.78, 5) is 0. The van der Waals surface area contributed by atoms with E-state index in [1.807, 2.05) is 0 Å². The van der Waals surface area contributed by atoms with Gasteiger partial charge in [0.15, 0.2) is 11.5 Å². The maximum absolute atomic E-state index is 4.87. The monoisotopic (exact) mass is 136 g/mol. The Morgan fingerprint density at radius 2 is 1.40 bits per heavy atom. The lowest BCUT2D eigenvalue weighted by atomic mass is 10.4. The molecule has 1 aromatic carbocycles. The Morgan fingerprint density at radius 1 is 1.00 bits per heavy atom. The first-order valence-electron chi connectivity index (χ1n) is 2.89. The van der Waals surface area contributed by atoms with Crippen molar-refractivity contribution in [1.29, 1.82) is 0 Å². The Hall–Kier alpha value is -1.36. The molecule has 0 heterocycles. The summed E-state index contributed by atoms with van der Waals surface area (Å²) in [6, 6.07) is 9.08. The van der Waals surface area contributed by atoms with Crippen LogP contribution in [0.15, 0.2) is 12.1 Å². The van der Waals surface area contributed by atoms with Gasteiger partial charge in [0.2, 0.25) is 0 Å². The van der Waals surface area contributed by atoms with Gasteiger partial charge in [-0.05, 0) is 24.3 Å². The minimum atomic E-state index is 0.667. The van der Waals surface area contributed by atoms with Crippen LogP contribution in [0.5, 0.6) is 11.5 Å². The van der Waals surface area contributed by atoms with Crippen molar-refractivity contribution in [3.05, 3.63) is 24.3 Å². The molecule has 0 bridgehead atoms. The van der Waals surface area contributed by atoms with Gasteiger partial charge in [-0.25, -0.2) is 0 Å². The summed E-state index contributed by atoms with van der Waals surface area (Å²) in [5.41, 5.74) is 0. The number of methoxy groups -OCH3 is 2. The van der Waals surface area contributed by atoms with Gasteiger partial charge in [-0.1, -0.05) is 0 Å². The molecule has 0 N–H and O–H groups in total. The van der Waals surface area contributed by atoms with Crippen LogP contribution in [0.25, 0.3) is 0 Å². The van der Waals surface area contributed by atoms with E-state index in [1.165, 1.54) is 0 Å². The zero-order valence-electron chi connectivity index (χ0n) is 5.97. The van der Waals surface area contributed by atoms with Crippen LogP contribution in [-0.2, 0) is 0 Å². The van der Waals surface area contributed by atoms with Crippen LogP contribution in [0, 0.1) is 12.1 Å². The van der Waals surface area contributed by atoms with Crippen LogP contribution in [0.4, 0.5) is 0 Å². The molecule has 0 amide bonds. The predicted molar refractivity (Wildman–Crippen MR) is 37.2 cm³/mol. The van der Waals surface area contributed by atoms with Gasteiger partial charge in [0.1, 0.15) is 0 Å². The van der Waals surface area contributed by atoms with Gasteiger partial charge >= 0.3 is 0 Å². The molecule has 0 saturated heterocycles. The van der Waals surface area contributed by atoms with Crippen molar-refractivity contribution in [2.24, 2.45) is 0 Å². The second-order valence-corrected chi connectivity index (χ2v) is 1.72. The maximum atomic E-state index is 4.87. The number of ether oxygens (including phenoxy) is 2. The molecule has 0 fully saturated rings. The molecular formula is C8H8O2. The molecule has 0 aromatic heterocycles. The van der Waals surface area contributed by atoms with Crippen molar-refractivity contribution in [3.8, 4) is 11.5 Å². The standard InChI is InChI=1S/C8H8O2/c1-9-7-3-5-8(10-2)6-4-7/h3,5H,1-2H3. The molecule has 0 radical (unpaired) electrons. The van der Waals surface area contributed by atoms with Crippen LogP contribution >= 0.6 is 0 Å². The third kappa shape index (κ3) is 1.32. The Labute approximate surface area is 60.4 Å². The van der Waals surface area contributed by atoms with Crippen molar-refractivity contribution in [2.75, 3.05) is 14.2 Å². The maximum Gasteiger partial charge on any atom is 0.170 e. The first kappa shape index (κ1) is 6.76. The Morgan fingerprint density at radius 3 is 1.60 bits per heavy atom. The van der Waals surface area contributed by atoms with Crippen LogP contribution in [0.1, 0.15) is 0 Å². The second-order valence-electron chi connectivity index (χ2n) is 1.72. The topological polar surface area (TPSA) is 18.5 Å². The fourth-order valence-corrected chi connectivity index (χ4v) is 0.596. The Bertz CT molecular complexity index is 168. The summed E-state index contributed by atoms with van der Waals surface area (Å²) in [7, 11) is 3.18. The summed E-state index contributed by atoms with van der Waals surface area (Å²) < 4.78 is 9.74. The molecule has 0 aliphatic heterocycles. The van der Waals surface area contributed by atoms with E-state index in [1.54, 1.807) is 26.4 Å². The highest BCUT2D eigenvalue weighted by Crippen LogP contribution is 2.09. The van der Waals surface area contributed by atoms with E-state index in [2.05, 4.69) is 12.1 Å². The van der Waals surface area contributed by atoms with E-state index in [4.69, 9.17) is 9.47 Å². The van der Waals surface area contributed by atoms with Crippen molar-refractivity contribution >= 4 is 0 Å². The molecule has 2 heteroatoms. The van der Waals surface area contributed by atoms with Gasteiger partial charge in [0.25, 0.3) is 0 Å². The van der Waals surface area contributed by atoms with Gasteiger partial charge < -0.3 is 9.47 Å². The minimum Gasteiger partial charge on any atom is -0.489 e. The zero-order valence-corrected chi connectivity index (χ0v) is 5.97. The molecule has 0 unspecified atom stereocenters. The normalized spacial score (nSPS) is 8.20. The van der Waals surface area contributed by atoms with E-state index >= 15 is 0 Å². The van der Waals surface area contributed by atoms with E-state index < -0.39 is 0 Å². The first-order valence-corrected chi connectivity index (χ1v) is 2.89. The Balaban J connectivity index is 2.80. The smallest absolute Gasteiger partial charge is 0.170 e. The first-order chi connectivity index (χ1) is 4.86. The molecule has 0 spiro atoms. The summed E-state index contributed by atoms with van der Waals surface area (Å²) in [6.45, 7) is 0. The zero-order chi connectivity index (χ0) is 7.40. The molecule has 1 rings (SSSR count). The minimum absolute atomic E-state index is 0.667. The molecule has 0 aliphatic carbocycles. The van der Waals surface area contributed by atoms with E-state index in [-0.39, 0.29) is 0 Å². The van der Waals surface area contributed by atoms with Crippen LogP contribution in [0.2, 0.25) is 0 Å². The summed E-state index contributed by atoms with van der Waals surface area (Å²) in [6.07, 6.45) is 0. The highest BCUT2D eigenvalue weighted by molar-refractivity contribution is 5.23. The number of hydrogen-bond acceptors (Lipinski definition) is 2. The molecular weight excluding hydrogens is 128 g/mol. The van der Waals surface area contributed by atoms with E-state index in [0.717, 1.165) is 0 Å². The lowest BCUT2D eigenvalue weighted by Gasteiger charge is -1.95. The van der Waals surface area contributed by atoms with Crippen molar-refractivity contribution < 1.29 is 9.47 Å². The van der Waals surface area contributed by atoms with Crippen LogP contribution < -0.4 is 9.47 Å². The molecule has 0 saturated carbocycles. The largest absolute Gasteiger partial charge is 0.489 e. The molecule has 10 heavy (non-hydrogen) atoms. The van der Waals surface area contributed by atoms with Crippen LogP contribution in [0.3, 0.4) is 0 Å². The number of hydrogen-bond donors (Lipinski definition) is 0. The quantitative estimate of drug-likeness (QED) is 0.610. The average Bonchev–Trinajstić information content (AvgIpc) is 2.05. The third-order valence-corrected chi connectivity index (χ3v) is 1.13. The fourth-order valence-electron chi connectivity index (χ4n) is 0.596. The van der Waals surface area contributed by atoms with Gasteiger partial charge in [-0.2, -0.15) is 0 Å². The third-order valence-electron chi connectivity index (χ3n) is 1.13. The van der Waals surface area contributed by atoms with Gasteiger partial charge in [0.05, 0.1) is 14.2 Å². The second kappa shape index (κ2) is 2.98. The molecule has 1 aromatic rings. The van der Waals surface area contributed by atoms with E-state index in [0.29, 0.717) is 11.5 Å². The van der Waals surface area contributed by atoms with Crippen LogP contribution in [-0.4, -0.2) is 14.2 Å². The molecule has 0 aliphatic rings.